The maximum Gasteiger partial charge on any atom is 0.193 e. The summed E-state index contributed by atoms with van der Waals surface area (Å²) in [6, 6.07) is 0. The highest BCUT2D eigenvalue weighted by atomic mass is 127. The van der Waals surface area contributed by atoms with Gasteiger partial charge < -0.3 is 14.8 Å². The summed E-state index contributed by atoms with van der Waals surface area (Å²) >= 11 is 0. The lowest BCUT2D eigenvalue weighted by Crippen LogP contribution is -2.40. The smallest absolute Gasteiger partial charge is 0.193 e. The molecule has 0 bridgehead atoms. The molecule has 0 saturated heterocycles. The molecule has 0 spiro atoms. The van der Waals surface area contributed by atoms with Gasteiger partial charge in [-0.05, 0) is 5.92 Å². The molecule has 8 nitrogen and oxygen atoms in total. The van der Waals surface area contributed by atoms with Crippen molar-refractivity contribution in [3.8, 4) is 0 Å². The van der Waals surface area contributed by atoms with Gasteiger partial charge in [-0.2, -0.15) is 5.10 Å². The van der Waals surface area contributed by atoms with Gasteiger partial charge in [0.05, 0.1) is 5.69 Å². The molecule has 0 radical (unpaired) electrons. The zero-order chi connectivity index (χ0) is 18.4. The molecule has 146 valence electrons. The van der Waals surface area contributed by atoms with Crippen LogP contribution in [0.5, 0.6) is 0 Å². The Labute approximate surface area is 173 Å². The van der Waals surface area contributed by atoms with Crippen molar-refractivity contribution in [3.05, 3.63) is 29.6 Å². The fraction of sp³-hybridized carbons (Fsp3) is 0.647. The van der Waals surface area contributed by atoms with Crippen molar-refractivity contribution in [2.75, 3.05) is 20.6 Å². The first-order valence-electron chi connectivity index (χ1n) is 8.77. The molecule has 9 heteroatoms. The van der Waals surface area contributed by atoms with E-state index in [4.69, 9.17) is 0 Å². The van der Waals surface area contributed by atoms with Gasteiger partial charge in [0.1, 0.15) is 12.2 Å². The van der Waals surface area contributed by atoms with Crippen molar-refractivity contribution in [2.45, 2.75) is 46.2 Å². The number of hydrogen-bond acceptors (Lipinski definition) is 4. The first kappa shape index (κ1) is 22.4. The first-order chi connectivity index (χ1) is 12.0. The fourth-order valence-electron chi connectivity index (χ4n) is 2.91. The molecular formula is C17H31IN8. The molecule has 0 amide bonds. The van der Waals surface area contributed by atoms with Gasteiger partial charge in [-0.3, -0.25) is 9.67 Å². The highest BCUT2D eigenvalue weighted by Crippen LogP contribution is 2.18. The van der Waals surface area contributed by atoms with Crippen LogP contribution in [0.4, 0.5) is 0 Å². The Bertz CT molecular complexity index is 703. The van der Waals surface area contributed by atoms with E-state index < -0.39 is 0 Å². The highest BCUT2D eigenvalue weighted by Gasteiger charge is 2.15. The van der Waals surface area contributed by atoms with Crippen LogP contribution in [0.25, 0.3) is 0 Å². The molecule has 2 heterocycles. The molecule has 0 aromatic carbocycles. The second-order valence-corrected chi connectivity index (χ2v) is 6.49. The standard InChI is InChI=1S/C17H30N8.HI/c1-7-15-21-20-12-25(15)9-8-19-17(18-4)23(5)10-14-11-24(6)22-16(14)13(2)3;/h11-13H,7-10H2,1-6H3,(H,18,19);1H. The van der Waals surface area contributed by atoms with Crippen molar-refractivity contribution in [3.63, 3.8) is 0 Å². The molecule has 2 aromatic rings. The Morgan fingerprint density at radius 3 is 2.73 bits per heavy atom. The maximum atomic E-state index is 4.58. The minimum absolute atomic E-state index is 0. The number of hydrogen-bond donors (Lipinski definition) is 1. The molecule has 0 unspecified atom stereocenters. The minimum atomic E-state index is 0. The second-order valence-electron chi connectivity index (χ2n) is 6.49. The number of aryl methyl sites for hydroxylation is 2. The van der Waals surface area contributed by atoms with Crippen molar-refractivity contribution >= 4 is 29.9 Å². The van der Waals surface area contributed by atoms with E-state index >= 15 is 0 Å². The number of aliphatic imine (C=N–C) groups is 1. The van der Waals surface area contributed by atoms with Gasteiger partial charge in [0, 0.05) is 59.0 Å². The summed E-state index contributed by atoms with van der Waals surface area (Å²) in [5, 5.41) is 16.1. The second kappa shape index (κ2) is 10.5. The van der Waals surface area contributed by atoms with Crippen LogP contribution in [0.1, 0.15) is 43.8 Å². The summed E-state index contributed by atoms with van der Waals surface area (Å²) in [5.41, 5.74) is 2.37. The average Bonchev–Trinajstić information content (AvgIpc) is 3.17. The van der Waals surface area contributed by atoms with Gasteiger partial charge >= 0.3 is 0 Å². The van der Waals surface area contributed by atoms with Crippen molar-refractivity contribution < 1.29 is 0 Å². The SMILES string of the molecule is CCc1nncn1CCNC(=NC)N(C)Cc1cn(C)nc1C(C)C.I. The number of aromatic nitrogens is 5. The largest absolute Gasteiger partial charge is 0.354 e. The van der Waals surface area contributed by atoms with Crippen LogP contribution < -0.4 is 5.32 Å². The molecule has 0 fully saturated rings. The lowest BCUT2D eigenvalue weighted by Gasteiger charge is -2.22. The number of rotatable bonds is 7. The summed E-state index contributed by atoms with van der Waals surface area (Å²) in [5.74, 6) is 2.27. The van der Waals surface area contributed by atoms with Crippen LogP contribution in [0.3, 0.4) is 0 Å². The van der Waals surface area contributed by atoms with Gasteiger partial charge in [0.15, 0.2) is 5.96 Å². The molecule has 2 aromatic heterocycles. The van der Waals surface area contributed by atoms with Crippen molar-refractivity contribution in [1.82, 2.24) is 34.8 Å². The Hall–Kier alpha value is -1.65. The number of nitrogens with one attached hydrogen (secondary N) is 1. The normalized spacial score (nSPS) is 11.6. The van der Waals surface area contributed by atoms with Crippen LogP contribution in [-0.2, 0) is 26.6 Å². The monoisotopic (exact) mass is 474 g/mol. The van der Waals surface area contributed by atoms with E-state index in [0.29, 0.717) is 5.92 Å². The molecule has 2 rings (SSSR count). The third kappa shape index (κ3) is 5.68. The van der Waals surface area contributed by atoms with Crippen LogP contribution >= 0.6 is 24.0 Å². The Balaban J connectivity index is 0.00000338. The van der Waals surface area contributed by atoms with Crippen molar-refractivity contribution in [1.29, 1.82) is 0 Å². The molecule has 0 aliphatic rings. The summed E-state index contributed by atoms with van der Waals surface area (Å²) in [7, 11) is 5.82. The number of guanidine groups is 1. The van der Waals surface area contributed by atoms with Crippen LogP contribution in [0, 0.1) is 0 Å². The predicted octanol–water partition coefficient (Wildman–Crippen LogP) is 2.02. The molecule has 0 aliphatic heterocycles. The van der Waals surface area contributed by atoms with E-state index in [1.807, 2.05) is 25.8 Å². The highest BCUT2D eigenvalue weighted by molar-refractivity contribution is 14.0. The third-order valence-electron chi connectivity index (χ3n) is 4.11. The van der Waals surface area contributed by atoms with Crippen LogP contribution in [0.2, 0.25) is 0 Å². The molecule has 0 atom stereocenters. The topological polar surface area (TPSA) is 76.2 Å². The van der Waals surface area contributed by atoms with Gasteiger partial charge in [0.25, 0.3) is 0 Å². The average molecular weight is 474 g/mol. The summed E-state index contributed by atoms with van der Waals surface area (Å²) in [6.07, 6.45) is 4.74. The van der Waals surface area contributed by atoms with E-state index in [2.05, 4.69) is 62.0 Å². The fourth-order valence-corrected chi connectivity index (χ4v) is 2.91. The quantitative estimate of drug-likeness (QED) is 0.378. The Kier molecular flexibility index (Phi) is 9.03. The van der Waals surface area contributed by atoms with Gasteiger partial charge in [-0.25, -0.2) is 0 Å². The molecular weight excluding hydrogens is 443 g/mol. The Morgan fingerprint density at radius 1 is 1.38 bits per heavy atom. The van der Waals surface area contributed by atoms with E-state index in [1.54, 1.807) is 6.33 Å². The predicted molar refractivity (Wildman–Crippen MR) is 115 cm³/mol. The zero-order valence-electron chi connectivity index (χ0n) is 16.6. The van der Waals surface area contributed by atoms with E-state index in [0.717, 1.165) is 43.5 Å². The van der Waals surface area contributed by atoms with Gasteiger partial charge in [0.2, 0.25) is 0 Å². The molecule has 0 aliphatic carbocycles. The van der Waals surface area contributed by atoms with Gasteiger partial charge in [-0.1, -0.05) is 20.8 Å². The molecule has 0 saturated carbocycles. The van der Waals surface area contributed by atoms with E-state index in [9.17, 15) is 0 Å². The third-order valence-corrected chi connectivity index (χ3v) is 4.11. The first-order valence-corrected chi connectivity index (χ1v) is 8.77. The summed E-state index contributed by atoms with van der Waals surface area (Å²) in [4.78, 5) is 6.51. The Morgan fingerprint density at radius 2 is 2.12 bits per heavy atom. The summed E-state index contributed by atoms with van der Waals surface area (Å²) in [6.45, 7) is 8.78. The number of halogens is 1. The van der Waals surface area contributed by atoms with Crippen molar-refractivity contribution in [2.24, 2.45) is 12.0 Å². The van der Waals surface area contributed by atoms with Crippen LogP contribution in [0.15, 0.2) is 17.5 Å². The van der Waals surface area contributed by atoms with Crippen LogP contribution in [-0.4, -0.2) is 56.0 Å². The summed E-state index contributed by atoms with van der Waals surface area (Å²) < 4.78 is 3.95. The lowest BCUT2D eigenvalue weighted by molar-refractivity contribution is 0.469. The molecule has 26 heavy (non-hydrogen) atoms. The maximum absolute atomic E-state index is 4.58. The lowest BCUT2D eigenvalue weighted by atomic mass is 10.1. The van der Waals surface area contributed by atoms with E-state index in [1.165, 1.54) is 5.56 Å². The van der Waals surface area contributed by atoms with Gasteiger partial charge in [-0.15, -0.1) is 34.2 Å². The molecule has 1 N–H and O–H groups in total. The number of nitrogens with zero attached hydrogens (tertiary/aromatic N) is 7. The minimum Gasteiger partial charge on any atom is -0.354 e. The van der Waals surface area contributed by atoms with E-state index in [-0.39, 0.29) is 24.0 Å². The zero-order valence-corrected chi connectivity index (χ0v) is 18.9.